The first-order valence-electron chi connectivity index (χ1n) is 8.66. The summed E-state index contributed by atoms with van der Waals surface area (Å²) in [6.07, 6.45) is 2.55. The third-order valence-electron chi connectivity index (χ3n) is 5.05. The number of aromatic nitrogens is 1. The van der Waals surface area contributed by atoms with Crippen LogP contribution in [0, 0.1) is 18.3 Å². The summed E-state index contributed by atoms with van der Waals surface area (Å²) < 4.78 is 0. The molecule has 2 aromatic carbocycles. The standard InChI is InChI=1S/C21H18ClN3O/c1-12-7-15(22)9-18-17-10-16(5-6-19(17)25-20(12)18)24-21(26)14-4-2-3-13(8-14)11-23/h2-4,7-9,16,25H,5-6,10H2,1H3,(H,24,26). The molecule has 2 N–H and O–H groups in total. The fraction of sp³-hybridized carbons (Fsp3) is 0.238. The second kappa shape index (κ2) is 6.51. The zero-order valence-corrected chi connectivity index (χ0v) is 15.2. The minimum Gasteiger partial charge on any atom is -0.358 e. The Kier molecular flexibility index (Phi) is 4.18. The van der Waals surface area contributed by atoms with Crippen LogP contribution in [0.1, 0.15) is 39.2 Å². The van der Waals surface area contributed by atoms with E-state index >= 15 is 0 Å². The Morgan fingerprint density at radius 1 is 1.35 bits per heavy atom. The third-order valence-corrected chi connectivity index (χ3v) is 5.27. The second-order valence-electron chi connectivity index (χ2n) is 6.83. The van der Waals surface area contributed by atoms with Gasteiger partial charge in [-0.3, -0.25) is 4.79 Å². The number of nitrogens with zero attached hydrogens (tertiary/aromatic N) is 1. The number of rotatable bonds is 2. The van der Waals surface area contributed by atoms with Gasteiger partial charge in [-0.05, 0) is 67.6 Å². The Balaban J connectivity index is 1.58. The molecule has 1 amide bonds. The molecule has 1 aliphatic carbocycles. The van der Waals surface area contributed by atoms with E-state index < -0.39 is 0 Å². The highest BCUT2D eigenvalue weighted by molar-refractivity contribution is 6.31. The molecule has 130 valence electrons. The van der Waals surface area contributed by atoms with Crippen molar-refractivity contribution in [3.63, 3.8) is 0 Å². The van der Waals surface area contributed by atoms with E-state index in [2.05, 4.69) is 23.3 Å². The number of carbonyl (C=O) groups excluding carboxylic acids is 1. The number of carbonyl (C=O) groups is 1. The van der Waals surface area contributed by atoms with Crippen molar-refractivity contribution in [3.8, 4) is 6.07 Å². The van der Waals surface area contributed by atoms with Crippen LogP contribution in [0.4, 0.5) is 0 Å². The number of halogens is 1. The van der Waals surface area contributed by atoms with Gasteiger partial charge in [0.2, 0.25) is 0 Å². The molecular formula is C21H18ClN3O. The van der Waals surface area contributed by atoms with Crippen LogP contribution in [0.5, 0.6) is 0 Å². The number of hydrogen-bond acceptors (Lipinski definition) is 2. The molecule has 3 aromatic rings. The lowest BCUT2D eigenvalue weighted by atomic mass is 9.91. The summed E-state index contributed by atoms with van der Waals surface area (Å²) in [4.78, 5) is 16.1. The highest BCUT2D eigenvalue weighted by Gasteiger charge is 2.24. The lowest BCUT2D eigenvalue weighted by Gasteiger charge is -2.23. The van der Waals surface area contributed by atoms with E-state index in [9.17, 15) is 4.79 Å². The molecule has 0 bridgehead atoms. The maximum absolute atomic E-state index is 12.6. The van der Waals surface area contributed by atoms with Crippen LogP contribution in [-0.4, -0.2) is 16.9 Å². The Morgan fingerprint density at radius 2 is 2.19 bits per heavy atom. The molecule has 4 nitrogen and oxygen atoms in total. The van der Waals surface area contributed by atoms with Crippen molar-refractivity contribution in [2.75, 3.05) is 0 Å². The molecule has 0 radical (unpaired) electrons. The predicted molar refractivity (Wildman–Crippen MR) is 102 cm³/mol. The Bertz CT molecular complexity index is 1060. The number of nitriles is 1. The number of hydrogen-bond donors (Lipinski definition) is 2. The summed E-state index contributed by atoms with van der Waals surface area (Å²) in [6.45, 7) is 2.05. The number of fused-ring (bicyclic) bond motifs is 3. The predicted octanol–water partition coefficient (Wildman–Crippen LogP) is 4.29. The maximum atomic E-state index is 12.6. The quantitative estimate of drug-likeness (QED) is 0.713. The van der Waals surface area contributed by atoms with Gasteiger partial charge in [0.25, 0.3) is 5.91 Å². The van der Waals surface area contributed by atoms with E-state index in [0.29, 0.717) is 11.1 Å². The summed E-state index contributed by atoms with van der Waals surface area (Å²) in [5.74, 6) is -0.135. The summed E-state index contributed by atoms with van der Waals surface area (Å²) >= 11 is 6.24. The largest absolute Gasteiger partial charge is 0.358 e. The monoisotopic (exact) mass is 363 g/mol. The first-order chi connectivity index (χ1) is 12.5. The highest BCUT2D eigenvalue weighted by Crippen LogP contribution is 2.33. The fourth-order valence-corrected chi connectivity index (χ4v) is 4.04. The van der Waals surface area contributed by atoms with Gasteiger partial charge in [-0.15, -0.1) is 0 Å². The Hall–Kier alpha value is -2.77. The first kappa shape index (κ1) is 16.7. The van der Waals surface area contributed by atoms with Crippen LogP contribution >= 0.6 is 11.6 Å². The molecule has 0 saturated heterocycles. The summed E-state index contributed by atoms with van der Waals surface area (Å²) in [5.41, 5.74) is 5.76. The van der Waals surface area contributed by atoms with Crippen LogP contribution in [0.3, 0.4) is 0 Å². The highest BCUT2D eigenvalue weighted by atomic mass is 35.5. The summed E-state index contributed by atoms with van der Waals surface area (Å²) in [7, 11) is 0. The second-order valence-corrected chi connectivity index (χ2v) is 7.27. The topological polar surface area (TPSA) is 68.7 Å². The smallest absolute Gasteiger partial charge is 0.251 e. The van der Waals surface area contributed by atoms with Crippen molar-refractivity contribution < 1.29 is 4.79 Å². The Morgan fingerprint density at radius 3 is 3.00 bits per heavy atom. The van der Waals surface area contributed by atoms with Crippen LogP contribution in [0.2, 0.25) is 5.02 Å². The number of aromatic amines is 1. The van der Waals surface area contributed by atoms with Crippen molar-refractivity contribution >= 4 is 28.4 Å². The van der Waals surface area contributed by atoms with E-state index in [4.69, 9.17) is 16.9 Å². The van der Waals surface area contributed by atoms with Gasteiger partial charge in [0.1, 0.15) is 0 Å². The van der Waals surface area contributed by atoms with Crippen molar-refractivity contribution in [2.45, 2.75) is 32.2 Å². The molecule has 5 heteroatoms. The Labute approximate surface area is 156 Å². The van der Waals surface area contributed by atoms with Crippen molar-refractivity contribution in [2.24, 2.45) is 0 Å². The molecule has 1 atom stereocenters. The molecule has 1 heterocycles. The average Bonchev–Trinajstić information content (AvgIpc) is 3.00. The van der Waals surface area contributed by atoms with E-state index in [1.54, 1.807) is 24.3 Å². The minimum absolute atomic E-state index is 0.0685. The van der Waals surface area contributed by atoms with Crippen LogP contribution in [-0.2, 0) is 12.8 Å². The molecule has 0 saturated carbocycles. The number of aryl methyl sites for hydroxylation is 2. The zero-order chi connectivity index (χ0) is 18.3. The molecule has 0 fully saturated rings. The van der Waals surface area contributed by atoms with Gasteiger partial charge in [0.05, 0.1) is 11.6 Å². The van der Waals surface area contributed by atoms with Gasteiger partial charge in [-0.25, -0.2) is 0 Å². The van der Waals surface area contributed by atoms with Crippen LogP contribution < -0.4 is 5.32 Å². The third kappa shape index (κ3) is 2.95. The van der Waals surface area contributed by atoms with E-state index in [-0.39, 0.29) is 11.9 Å². The van der Waals surface area contributed by atoms with Gasteiger partial charge < -0.3 is 10.3 Å². The molecule has 0 spiro atoms. The average molecular weight is 364 g/mol. The summed E-state index contributed by atoms with van der Waals surface area (Å²) in [6, 6.07) is 12.9. The number of nitrogens with one attached hydrogen (secondary N) is 2. The molecule has 1 unspecified atom stereocenters. The molecule has 1 aliphatic rings. The van der Waals surface area contributed by atoms with E-state index in [1.807, 2.05) is 12.1 Å². The van der Waals surface area contributed by atoms with Crippen molar-refractivity contribution in [1.82, 2.24) is 10.3 Å². The fourth-order valence-electron chi connectivity index (χ4n) is 3.77. The van der Waals surface area contributed by atoms with Gasteiger partial charge in [0, 0.05) is 33.2 Å². The van der Waals surface area contributed by atoms with Crippen molar-refractivity contribution in [3.05, 3.63) is 69.4 Å². The maximum Gasteiger partial charge on any atom is 0.251 e. The number of amides is 1. The summed E-state index contributed by atoms with van der Waals surface area (Å²) in [5, 5.41) is 14.0. The van der Waals surface area contributed by atoms with Gasteiger partial charge >= 0.3 is 0 Å². The van der Waals surface area contributed by atoms with E-state index in [0.717, 1.165) is 40.8 Å². The van der Waals surface area contributed by atoms with E-state index in [1.165, 1.54) is 11.3 Å². The number of H-pyrrole nitrogens is 1. The van der Waals surface area contributed by atoms with Crippen molar-refractivity contribution in [1.29, 1.82) is 5.26 Å². The lowest BCUT2D eigenvalue weighted by molar-refractivity contribution is 0.0933. The van der Waals surface area contributed by atoms with Crippen LogP contribution in [0.25, 0.3) is 10.9 Å². The molecular weight excluding hydrogens is 346 g/mol. The molecule has 4 rings (SSSR count). The number of benzene rings is 2. The van der Waals surface area contributed by atoms with Gasteiger partial charge in [-0.2, -0.15) is 5.26 Å². The normalized spacial score (nSPS) is 16.1. The molecule has 26 heavy (non-hydrogen) atoms. The molecule has 0 aliphatic heterocycles. The lowest BCUT2D eigenvalue weighted by Crippen LogP contribution is -2.38. The van der Waals surface area contributed by atoms with Gasteiger partial charge in [-0.1, -0.05) is 17.7 Å². The molecule has 1 aromatic heterocycles. The first-order valence-corrected chi connectivity index (χ1v) is 9.03. The van der Waals surface area contributed by atoms with Crippen LogP contribution in [0.15, 0.2) is 36.4 Å². The zero-order valence-electron chi connectivity index (χ0n) is 14.4. The van der Waals surface area contributed by atoms with Gasteiger partial charge in [0.15, 0.2) is 0 Å². The minimum atomic E-state index is -0.135. The SMILES string of the molecule is Cc1cc(Cl)cc2c3c([nH]c12)CCC(NC(=O)c1cccc(C#N)c1)C3.